The molecule has 0 atom stereocenters. The maximum Gasteiger partial charge on any atom is 0.261 e. The Bertz CT molecular complexity index is 625. The maximum atomic E-state index is 12.2. The van der Waals surface area contributed by atoms with Gasteiger partial charge in [-0.1, -0.05) is 39.6 Å². The summed E-state index contributed by atoms with van der Waals surface area (Å²) in [6.45, 7) is 3.63. The Labute approximate surface area is 124 Å². The zero-order valence-electron chi connectivity index (χ0n) is 10.5. The summed E-state index contributed by atoms with van der Waals surface area (Å²) < 4.78 is 5.90. The number of hydrogen-bond acceptors (Lipinski definition) is 3. The fraction of sp³-hybridized carbons (Fsp3) is 0.231. The maximum absolute atomic E-state index is 12.2. The number of hydrogen-bond donors (Lipinski definition) is 1. The van der Waals surface area contributed by atoms with Crippen LogP contribution in [0.25, 0.3) is 0 Å². The van der Waals surface area contributed by atoms with Crippen LogP contribution in [0.5, 0.6) is 0 Å². The van der Waals surface area contributed by atoms with Crippen LogP contribution in [0.3, 0.4) is 0 Å². The zero-order chi connectivity index (χ0) is 14.0. The van der Waals surface area contributed by atoms with Crippen molar-refractivity contribution in [2.45, 2.75) is 20.3 Å². The highest BCUT2D eigenvalue weighted by Gasteiger charge is 2.19. The molecule has 0 fully saturated rings. The summed E-state index contributed by atoms with van der Waals surface area (Å²) in [6.07, 6.45) is 0.633. The number of amides is 1. The van der Waals surface area contributed by atoms with Crippen LogP contribution in [0.4, 0.5) is 5.69 Å². The van der Waals surface area contributed by atoms with Crippen molar-refractivity contribution in [3.05, 3.63) is 44.7 Å². The second kappa shape index (κ2) is 5.75. The van der Waals surface area contributed by atoms with Gasteiger partial charge in [0.15, 0.2) is 0 Å². The van der Waals surface area contributed by atoms with E-state index >= 15 is 0 Å². The van der Waals surface area contributed by atoms with E-state index in [9.17, 15) is 4.79 Å². The molecule has 0 saturated carbocycles. The molecule has 4 nitrogen and oxygen atoms in total. The number of carbonyl (C=O) groups is 1. The third-order valence-electron chi connectivity index (χ3n) is 2.67. The Morgan fingerprint density at radius 3 is 2.89 bits per heavy atom. The van der Waals surface area contributed by atoms with E-state index in [1.807, 2.05) is 13.0 Å². The second-order valence-corrected chi connectivity index (χ2v) is 5.32. The van der Waals surface area contributed by atoms with E-state index in [0.29, 0.717) is 34.1 Å². The van der Waals surface area contributed by atoms with E-state index in [2.05, 4.69) is 26.4 Å². The highest BCUT2D eigenvalue weighted by atomic mass is 79.9. The quantitative estimate of drug-likeness (QED) is 0.908. The largest absolute Gasteiger partial charge is 0.361 e. The third-order valence-corrected chi connectivity index (χ3v) is 3.48. The Hall–Kier alpha value is -1.33. The molecule has 2 aromatic rings. The van der Waals surface area contributed by atoms with Crippen molar-refractivity contribution in [2.75, 3.05) is 5.32 Å². The molecule has 100 valence electrons. The lowest BCUT2D eigenvalue weighted by Gasteiger charge is -2.07. The number of benzene rings is 1. The Kier molecular flexibility index (Phi) is 4.27. The van der Waals surface area contributed by atoms with Crippen LogP contribution in [-0.4, -0.2) is 11.1 Å². The fourth-order valence-corrected chi connectivity index (χ4v) is 2.45. The van der Waals surface area contributed by atoms with E-state index in [0.717, 1.165) is 4.47 Å². The van der Waals surface area contributed by atoms with Crippen molar-refractivity contribution < 1.29 is 9.32 Å². The number of aromatic nitrogens is 1. The summed E-state index contributed by atoms with van der Waals surface area (Å²) in [6, 6.07) is 5.26. The van der Waals surface area contributed by atoms with Gasteiger partial charge in [0.05, 0.1) is 16.4 Å². The summed E-state index contributed by atoms with van der Waals surface area (Å²) in [5.41, 5.74) is 1.67. The van der Waals surface area contributed by atoms with Crippen LogP contribution < -0.4 is 5.32 Å². The molecule has 0 saturated heterocycles. The predicted octanol–water partition coefficient (Wildman–Crippen LogP) is 4.21. The minimum absolute atomic E-state index is 0.264. The Balaban J connectivity index is 2.28. The molecule has 1 N–H and O–H groups in total. The van der Waals surface area contributed by atoms with Crippen LogP contribution in [0.2, 0.25) is 5.02 Å². The predicted molar refractivity (Wildman–Crippen MR) is 77.7 cm³/mol. The number of anilines is 1. The molecule has 0 aliphatic heterocycles. The smallest absolute Gasteiger partial charge is 0.261 e. The lowest BCUT2D eigenvalue weighted by Crippen LogP contribution is -2.14. The monoisotopic (exact) mass is 342 g/mol. The molecule has 0 aliphatic rings. The van der Waals surface area contributed by atoms with Gasteiger partial charge >= 0.3 is 0 Å². The molecular formula is C13H12BrClN2O2. The zero-order valence-corrected chi connectivity index (χ0v) is 12.8. The van der Waals surface area contributed by atoms with E-state index in [1.165, 1.54) is 0 Å². The van der Waals surface area contributed by atoms with E-state index < -0.39 is 0 Å². The van der Waals surface area contributed by atoms with Gasteiger partial charge in [-0.2, -0.15) is 0 Å². The molecule has 6 heteroatoms. The number of nitrogens with one attached hydrogen (secondary N) is 1. The van der Waals surface area contributed by atoms with Gasteiger partial charge in [-0.05, 0) is 31.5 Å². The highest BCUT2D eigenvalue weighted by Crippen LogP contribution is 2.26. The van der Waals surface area contributed by atoms with Crippen molar-refractivity contribution in [3.63, 3.8) is 0 Å². The topological polar surface area (TPSA) is 55.1 Å². The summed E-state index contributed by atoms with van der Waals surface area (Å²) in [5, 5.41) is 7.09. The first-order chi connectivity index (χ1) is 9.02. The van der Waals surface area contributed by atoms with Gasteiger partial charge in [-0.25, -0.2) is 0 Å². The first-order valence-corrected chi connectivity index (χ1v) is 6.91. The second-order valence-electron chi connectivity index (χ2n) is 3.99. The molecule has 0 bridgehead atoms. The first kappa shape index (κ1) is 14.1. The minimum Gasteiger partial charge on any atom is -0.361 e. The standard InChI is InChI=1S/C13H12BrClN2O2/c1-3-10-12(7(2)19-17-10)13(18)16-11-5-4-8(14)6-9(11)15/h4-6H,3H2,1-2H3,(H,16,18). The van der Waals surface area contributed by atoms with Crippen LogP contribution in [0.15, 0.2) is 27.2 Å². The van der Waals surface area contributed by atoms with Gasteiger partial charge in [0.1, 0.15) is 11.3 Å². The van der Waals surface area contributed by atoms with Crippen molar-refractivity contribution in [3.8, 4) is 0 Å². The number of aryl methyl sites for hydroxylation is 2. The summed E-state index contributed by atoms with van der Waals surface area (Å²) in [5.74, 6) is 0.238. The van der Waals surface area contributed by atoms with E-state index in [1.54, 1.807) is 19.1 Å². The SMILES string of the molecule is CCc1noc(C)c1C(=O)Nc1ccc(Br)cc1Cl. The molecule has 0 radical (unpaired) electrons. The fourth-order valence-electron chi connectivity index (χ4n) is 1.73. The molecule has 19 heavy (non-hydrogen) atoms. The molecule has 0 aliphatic carbocycles. The van der Waals surface area contributed by atoms with Gasteiger partial charge in [0.2, 0.25) is 0 Å². The Morgan fingerprint density at radius 2 is 2.26 bits per heavy atom. The van der Waals surface area contributed by atoms with Crippen molar-refractivity contribution in [2.24, 2.45) is 0 Å². The van der Waals surface area contributed by atoms with Gasteiger partial charge in [-0.15, -0.1) is 0 Å². The highest BCUT2D eigenvalue weighted by molar-refractivity contribution is 9.10. The number of rotatable bonds is 3. The summed E-state index contributed by atoms with van der Waals surface area (Å²) in [4.78, 5) is 12.2. The van der Waals surface area contributed by atoms with E-state index in [4.69, 9.17) is 16.1 Å². The summed E-state index contributed by atoms with van der Waals surface area (Å²) >= 11 is 9.38. The Morgan fingerprint density at radius 1 is 1.53 bits per heavy atom. The average molecular weight is 344 g/mol. The van der Waals surface area contributed by atoms with Gasteiger partial charge in [-0.3, -0.25) is 4.79 Å². The molecule has 0 unspecified atom stereocenters. The number of carbonyl (C=O) groups excluding carboxylic acids is 1. The van der Waals surface area contributed by atoms with Crippen LogP contribution in [0.1, 0.15) is 28.7 Å². The lowest BCUT2D eigenvalue weighted by molar-refractivity contribution is 0.102. The van der Waals surface area contributed by atoms with Gasteiger partial charge in [0, 0.05) is 4.47 Å². The van der Waals surface area contributed by atoms with Gasteiger partial charge < -0.3 is 9.84 Å². The average Bonchev–Trinajstić information content (AvgIpc) is 2.74. The van der Waals surface area contributed by atoms with Crippen LogP contribution in [0, 0.1) is 6.92 Å². The molecule has 1 heterocycles. The normalized spacial score (nSPS) is 10.5. The molecule has 0 spiro atoms. The first-order valence-electron chi connectivity index (χ1n) is 5.74. The van der Waals surface area contributed by atoms with Crippen molar-refractivity contribution >= 4 is 39.1 Å². The minimum atomic E-state index is -0.264. The molecule has 1 amide bonds. The summed E-state index contributed by atoms with van der Waals surface area (Å²) in [7, 11) is 0. The van der Waals surface area contributed by atoms with Crippen molar-refractivity contribution in [1.29, 1.82) is 0 Å². The third kappa shape index (κ3) is 2.98. The molecule has 1 aromatic carbocycles. The van der Waals surface area contributed by atoms with Crippen molar-refractivity contribution in [1.82, 2.24) is 5.16 Å². The van der Waals surface area contributed by atoms with Gasteiger partial charge in [0.25, 0.3) is 5.91 Å². The molecule has 2 rings (SSSR count). The van der Waals surface area contributed by atoms with Crippen LogP contribution >= 0.6 is 27.5 Å². The molecular weight excluding hydrogens is 332 g/mol. The molecule has 1 aromatic heterocycles. The van der Waals surface area contributed by atoms with Crippen LogP contribution in [-0.2, 0) is 6.42 Å². The number of halogens is 2. The lowest BCUT2D eigenvalue weighted by atomic mass is 10.1. The number of nitrogens with zero attached hydrogens (tertiary/aromatic N) is 1. The van der Waals surface area contributed by atoms with E-state index in [-0.39, 0.29) is 5.91 Å².